The highest BCUT2D eigenvalue weighted by Gasteiger charge is 2.21. The minimum atomic E-state index is -0.209. The number of hydrogen-bond acceptors (Lipinski definition) is 6. The summed E-state index contributed by atoms with van der Waals surface area (Å²) in [5, 5.41) is 3.16. The van der Waals surface area contributed by atoms with Crippen LogP contribution < -0.4 is 20.5 Å². The van der Waals surface area contributed by atoms with Gasteiger partial charge in [0.25, 0.3) is 5.91 Å². The minimum Gasteiger partial charge on any atom is -0.486 e. The zero-order chi connectivity index (χ0) is 13.9. The highest BCUT2D eigenvalue weighted by Crippen LogP contribution is 2.30. The SMILES string of the molecule is Nc1ncc(C(=O)NCC2COc3ccccc3O2)s1. The molecule has 0 saturated heterocycles. The van der Waals surface area contributed by atoms with Crippen molar-refractivity contribution in [3.63, 3.8) is 0 Å². The molecule has 2 heterocycles. The van der Waals surface area contributed by atoms with Crippen molar-refractivity contribution in [2.24, 2.45) is 0 Å². The predicted molar refractivity (Wildman–Crippen MR) is 75.2 cm³/mol. The summed E-state index contributed by atoms with van der Waals surface area (Å²) >= 11 is 1.15. The van der Waals surface area contributed by atoms with Crippen LogP contribution in [-0.2, 0) is 0 Å². The van der Waals surface area contributed by atoms with E-state index in [9.17, 15) is 4.79 Å². The number of nitrogens with one attached hydrogen (secondary N) is 1. The highest BCUT2D eigenvalue weighted by molar-refractivity contribution is 7.17. The number of carbonyl (C=O) groups excluding carboxylic acids is 1. The molecule has 1 unspecified atom stereocenters. The van der Waals surface area contributed by atoms with E-state index < -0.39 is 0 Å². The Morgan fingerprint density at radius 1 is 1.45 bits per heavy atom. The zero-order valence-electron chi connectivity index (χ0n) is 10.5. The maximum atomic E-state index is 11.9. The summed E-state index contributed by atoms with van der Waals surface area (Å²) in [6, 6.07) is 7.46. The number of nitrogen functional groups attached to an aromatic ring is 1. The van der Waals surface area contributed by atoms with Crippen molar-refractivity contribution >= 4 is 22.4 Å². The van der Waals surface area contributed by atoms with Crippen LogP contribution in [0.4, 0.5) is 5.13 Å². The lowest BCUT2D eigenvalue weighted by Gasteiger charge is -2.26. The first-order valence-corrected chi connectivity index (χ1v) is 6.92. The topological polar surface area (TPSA) is 86.5 Å². The molecule has 2 aromatic rings. The third kappa shape index (κ3) is 2.67. The Morgan fingerprint density at radius 3 is 3.00 bits per heavy atom. The normalized spacial score (nSPS) is 16.7. The molecule has 20 heavy (non-hydrogen) atoms. The van der Waals surface area contributed by atoms with Crippen LogP contribution in [0.1, 0.15) is 9.67 Å². The van der Waals surface area contributed by atoms with Gasteiger partial charge in [-0.15, -0.1) is 0 Å². The summed E-state index contributed by atoms with van der Waals surface area (Å²) in [7, 11) is 0. The maximum Gasteiger partial charge on any atom is 0.263 e. The fourth-order valence-corrected chi connectivity index (χ4v) is 2.45. The standard InChI is InChI=1S/C13H13N3O3S/c14-13-16-6-11(20-13)12(17)15-5-8-7-18-9-3-1-2-4-10(9)19-8/h1-4,6,8H,5,7H2,(H2,14,16)(H,15,17). The lowest BCUT2D eigenvalue weighted by atomic mass is 10.2. The van der Waals surface area contributed by atoms with Gasteiger partial charge in [-0.1, -0.05) is 23.5 Å². The number of thiazole rings is 1. The molecule has 1 aliphatic heterocycles. The van der Waals surface area contributed by atoms with Crippen molar-refractivity contribution in [3.05, 3.63) is 35.3 Å². The van der Waals surface area contributed by atoms with Crippen LogP contribution in [0.5, 0.6) is 11.5 Å². The maximum absolute atomic E-state index is 11.9. The first kappa shape index (κ1) is 12.7. The monoisotopic (exact) mass is 291 g/mol. The van der Waals surface area contributed by atoms with Gasteiger partial charge in [0.2, 0.25) is 0 Å². The van der Waals surface area contributed by atoms with E-state index in [-0.39, 0.29) is 12.0 Å². The lowest BCUT2D eigenvalue weighted by molar-refractivity contribution is 0.0791. The Balaban J connectivity index is 1.56. The van der Waals surface area contributed by atoms with E-state index in [1.54, 1.807) is 0 Å². The van der Waals surface area contributed by atoms with Crippen LogP contribution >= 0.6 is 11.3 Å². The van der Waals surface area contributed by atoms with Gasteiger partial charge < -0.3 is 20.5 Å². The van der Waals surface area contributed by atoms with Gasteiger partial charge in [-0.05, 0) is 12.1 Å². The number of fused-ring (bicyclic) bond motifs is 1. The fraction of sp³-hybridized carbons (Fsp3) is 0.231. The number of para-hydroxylation sites is 2. The van der Waals surface area contributed by atoms with E-state index in [1.807, 2.05) is 24.3 Å². The summed E-state index contributed by atoms with van der Waals surface area (Å²) in [5.41, 5.74) is 5.49. The third-order valence-corrected chi connectivity index (χ3v) is 3.63. The first-order chi connectivity index (χ1) is 9.72. The molecule has 0 radical (unpaired) electrons. The Hall–Kier alpha value is -2.28. The average Bonchev–Trinajstić information content (AvgIpc) is 2.91. The van der Waals surface area contributed by atoms with Crippen LogP contribution in [0, 0.1) is 0 Å². The van der Waals surface area contributed by atoms with Gasteiger partial charge in [0.05, 0.1) is 12.7 Å². The van der Waals surface area contributed by atoms with Crippen molar-refractivity contribution < 1.29 is 14.3 Å². The molecule has 0 aliphatic carbocycles. The number of rotatable bonds is 3. The number of carbonyl (C=O) groups is 1. The number of hydrogen-bond donors (Lipinski definition) is 2. The van der Waals surface area contributed by atoms with Gasteiger partial charge in [0.1, 0.15) is 17.6 Å². The molecule has 1 amide bonds. The van der Waals surface area contributed by atoms with Crippen LogP contribution in [0.3, 0.4) is 0 Å². The van der Waals surface area contributed by atoms with Gasteiger partial charge in [-0.25, -0.2) is 4.98 Å². The van der Waals surface area contributed by atoms with Crippen molar-refractivity contribution in [2.75, 3.05) is 18.9 Å². The molecule has 7 heteroatoms. The molecule has 0 fully saturated rings. The summed E-state index contributed by atoms with van der Waals surface area (Å²) in [6.07, 6.45) is 1.25. The Labute approximate surface area is 119 Å². The number of benzene rings is 1. The summed E-state index contributed by atoms with van der Waals surface area (Å²) in [5.74, 6) is 1.21. The van der Waals surface area contributed by atoms with Crippen molar-refractivity contribution in [3.8, 4) is 11.5 Å². The second kappa shape index (κ2) is 5.38. The second-order valence-corrected chi connectivity index (χ2v) is 5.33. The van der Waals surface area contributed by atoms with E-state index in [2.05, 4.69) is 10.3 Å². The molecule has 3 N–H and O–H groups in total. The van der Waals surface area contributed by atoms with Crippen LogP contribution in [-0.4, -0.2) is 30.1 Å². The van der Waals surface area contributed by atoms with Crippen LogP contribution in [0.15, 0.2) is 30.5 Å². The van der Waals surface area contributed by atoms with E-state index in [4.69, 9.17) is 15.2 Å². The number of anilines is 1. The lowest BCUT2D eigenvalue weighted by Crippen LogP contribution is -2.40. The molecule has 0 bridgehead atoms. The van der Waals surface area contributed by atoms with Gasteiger partial charge in [0.15, 0.2) is 16.6 Å². The first-order valence-electron chi connectivity index (χ1n) is 6.10. The number of nitrogens with zero attached hydrogens (tertiary/aromatic N) is 1. The van der Waals surface area contributed by atoms with Crippen molar-refractivity contribution in [1.82, 2.24) is 10.3 Å². The molecule has 6 nitrogen and oxygen atoms in total. The molecule has 1 atom stereocenters. The van der Waals surface area contributed by atoms with Gasteiger partial charge >= 0.3 is 0 Å². The summed E-state index contributed by atoms with van der Waals surface area (Å²) < 4.78 is 11.3. The quantitative estimate of drug-likeness (QED) is 0.890. The largest absolute Gasteiger partial charge is 0.486 e. The molecule has 3 rings (SSSR count). The Bertz CT molecular complexity index is 629. The molecular formula is C13H13N3O3S. The molecule has 1 aliphatic rings. The van der Waals surface area contributed by atoms with E-state index in [0.29, 0.717) is 28.9 Å². The molecule has 0 spiro atoms. The highest BCUT2D eigenvalue weighted by atomic mass is 32.1. The van der Waals surface area contributed by atoms with Gasteiger partial charge in [-0.2, -0.15) is 0 Å². The van der Waals surface area contributed by atoms with E-state index in [1.165, 1.54) is 6.20 Å². The Kier molecular flexibility index (Phi) is 3.42. The third-order valence-electron chi connectivity index (χ3n) is 2.81. The zero-order valence-corrected chi connectivity index (χ0v) is 11.4. The number of aromatic nitrogens is 1. The molecule has 1 aromatic carbocycles. The molecule has 104 valence electrons. The minimum absolute atomic E-state index is 0.207. The molecular weight excluding hydrogens is 278 g/mol. The van der Waals surface area contributed by atoms with E-state index >= 15 is 0 Å². The number of ether oxygens (including phenoxy) is 2. The van der Waals surface area contributed by atoms with Crippen LogP contribution in [0.25, 0.3) is 0 Å². The summed E-state index contributed by atoms with van der Waals surface area (Å²) in [6.45, 7) is 0.771. The van der Waals surface area contributed by atoms with Gasteiger partial charge in [-0.3, -0.25) is 4.79 Å². The molecule has 0 saturated carbocycles. The van der Waals surface area contributed by atoms with Gasteiger partial charge in [0, 0.05) is 0 Å². The number of amides is 1. The molecule has 1 aromatic heterocycles. The van der Waals surface area contributed by atoms with Crippen LogP contribution in [0.2, 0.25) is 0 Å². The summed E-state index contributed by atoms with van der Waals surface area (Å²) in [4.78, 5) is 16.2. The van der Waals surface area contributed by atoms with E-state index in [0.717, 1.165) is 17.1 Å². The Morgan fingerprint density at radius 2 is 2.25 bits per heavy atom. The predicted octanol–water partition coefficient (Wildman–Crippen LogP) is 1.30. The average molecular weight is 291 g/mol. The number of nitrogens with two attached hydrogens (primary N) is 1. The van der Waals surface area contributed by atoms with Crippen molar-refractivity contribution in [1.29, 1.82) is 0 Å². The smallest absolute Gasteiger partial charge is 0.263 e. The second-order valence-electron chi connectivity index (χ2n) is 4.27. The fourth-order valence-electron chi connectivity index (χ4n) is 1.85. The van der Waals surface area contributed by atoms with Crippen molar-refractivity contribution in [2.45, 2.75) is 6.10 Å².